The maximum absolute atomic E-state index is 11.0. The molecule has 0 amide bonds. The van der Waals surface area contributed by atoms with Gasteiger partial charge >= 0.3 is 11.9 Å². The summed E-state index contributed by atoms with van der Waals surface area (Å²) in [7, 11) is 0. The van der Waals surface area contributed by atoms with Gasteiger partial charge in [-0.1, -0.05) is 0 Å². The Balaban J connectivity index is 3.73. The van der Waals surface area contributed by atoms with Gasteiger partial charge in [-0.05, 0) is 12.8 Å². The summed E-state index contributed by atoms with van der Waals surface area (Å²) < 4.78 is 9.25. The average Bonchev–Trinajstić information content (AvgIpc) is 2.37. The predicted molar refractivity (Wildman–Crippen MR) is 59.4 cm³/mol. The SMILES string of the molecule is N#CCCCOC(=O)C#CC(=O)OCCCC#N. The molecule has 0 rings (SSSR count). The van der Waals surface area contributed by atoms with E-state index in [9.17, 15) is 9.59 Å². The zero-order chi connectivity index (χ0) is 13.6. The van der Waals surface area contributed by atoms with E-state index in [0.29, 0.717) is 25.7 Å². The van der Waals surface area contributed by atoms with Gasteiger partial charge < -0.3 is 9.47 Å². The highest BCUT2D eigenvalue weighted by molar-refractivity contribution is 5.98. The summed E-state index contributed by atoms with van der Waals surface area (Å²) in [4.78, 5) is 21.9. The lowest BCUT2D eigenvalue weighted by molar-refractivity contribution is -0.138. The highest BCUT2D eigenvalue weighted by atomic mass is 16.5. The zero-order valence-corrected chi connectivity index (χ0v) is 9.77. The maximum Gasteiger partial charge on any atom is 0.384 e. The number of hydrogen-bond acceptors (Lipinski definition) is 6. The van der Waals surface area contributed by atoms with Crippen LogP contribution in [-0.4, -0.2) is 25.2 Å². The van der Waals surface area contributed by atoms with Crippen molar-refractivity contribution in [1.82, 2.24) is 0 Å². The van der Waals surface area contributed by atoms with Gasteiger partial charge in [0.15, 0.2) is 0 Å². The summed E-state index contributed by atoms with van der Waals surface area (Å²) in [5, 5.41) is 16.5. The number of nitriles is 2. The first-order valence-corrected chi connectivity index (χ1v) is 5.30. The smallest absolute Gasteiger partial charge is 0.384 e. The maximum atomic E-state index is 11.0. The Bertz CT molecular complexity index is 382. The lowest BCUT2D eigenvalue weighted by Gasteiger charge is -1.97. The van der Waals surface area contributed by atoms with E-state index in [-0.39, 0.29) is 13.2 Å². The molecule has 18 heavy (non-hydrogen) atoms. The van der Waals surface area contributed by atoms with Gasteiger partial charge in [0, 0.05) is 24.7 Å². The molecule has 0 radical (unpaired) electrons. The number of ether oxygens (including phenoxy) is 2. The van der Waals surface area contributed by atoms with E-state index in [1.165, 1.54) is 0 Å². The molecule has 94 valence electrons. The van der Waals surface area contributed by atoms with Crippen molar-refractivity contribution in [2.24, 2.45) is 0 Å². The van der Waals surface area contributed by atoms with Crippen molar-refractivity contribution in [3.05, 3.63) is 0 Å². The second kappa shape index (κ2) is 11.0. The molecule has 0 saturated carbocycles. The second-order valence-corrected chi connectivity index (χ2v) is 3.05. The molecule has 6 heteroatoms. The van der Waals surface area contributed by atoms with E-state index < -0.39 is 11.9 Å². The number of esters is 2. The number of rotatable bonds is 6. The Morgan fingerprint density at radius 2 is 1.22 bits per heavy atom. The van der Waals surface area contributed by atoms with E-state index >= 15 is 0 Å². The van der Waals surface area contributed by atoms with Crippen LogP contribution in [0.5, 0.6) is 0 Å². The Labute approximate surface area is 105 Å². The van der Waals surface area contributed by atoms with Crippen LogP contribution in [0.3, 0.4) is 0 Å². The van der Waals surface area contributed by atoms with Crippen LogP contribution in [0, 0.1) is 34.5 Å². The van der Waals surface area contributed by atoms with Gasteiger partial charge in [-0.25, -0.2) is 9.59 Å². The predicted octanol–water partition coefficient (Wildman–Crippen LogP) is 0.684. The molecule has 0 aromatic carbocycles. The van der Waals surface area contributed by atoms with Gasteiger partial charge in [-0.3, -0.25) is 0 Å². The van der Waals surface area contributed by atoms with Crippen LogP contribution in [0.25, 0.3) is 0 Å². The highest BCUT2D eigenvalue weighted by Gasteiger charge is 2.00. The van der Waals surface area contributed by atoms with Crippen LogP contribution in [0.15, 0.2) is 0 Å². The third-order valence-electron chi connectivity index (χ3n) is 1.60. The van der Waals surface area contributed by atoms with E-state index in [0.717, 1.165) is 0 Å². The van der Waals surface area contributed by atoms with Crippen molar-refractivity contribution in [2.75, 3.05) is 13.2 Å². The fourth-order valence-corrected chi connectivity index (χ4v) is 0.806. The van der Waals surface area contributed by atoms with Crippen molar-refractivity contribution in [2.45, 2.75) is 25.7 Å². The first-order chi connectivity index (χ1) is 8.70. The number of carbonyl (C=O) groups excluding carboxylic acids is 2. The van der Waals surface area contributed by atoms with Gasteiger partial charge in [0.25, 0.3) is 0 Å². The first kappa shape index (κ1) is 15.5. The standard InChI is InChI=1S/C12H12N2O4/c13-7-1-3-9-17-11(15)5-6-12(16)18-10-4-2-8-14/h1-4,9-10H2. The molecule has 0 aliphatic heterocycles. The molecule has 0 aliphatic rings. The molecule has 0 atom stereocenters. The molecule has 0 aromatic heterocycles. The monoisotopic (exact) mass is 248 g/mol. The van der Waals surface area contributed by atoms with Crippen LogP contribution in [0.1, 0.15) is 25.7 Å². The largest absolute Gasteiger partial charge is 0.456 e. The average molecular weight is 248 g/mol. The molecule has 0 saturated heterocycles. The van der Waals surface area contributed by atoms with Crippen molar-refractivity contribution < 1.29 is 19.1 Å². The molecule has 6 nitrogen and oxygen atoms in total. The summed E-state index contributed by atoms with van der Waals surface area (Å²) >= 11 is 0. The summed E-state index contributed by atoms with van der Waals surface area (Å²) in [5.41, 5.74) is 0. The van der Waals surface area contributed by atoms with Crippen molar-refractivity contribution in [1.29, 1.82) is 10.5 Å². The zero-order valence-electron chi connectivity index (χ0n) is 9.77. The van der Waals surface area contributed by atoms with Crippen LogP contribution >= 0.6 is 0 Å². The van der Waals surface area contributed by atoms with Crippen LogP contribution in [0.2, 0.25) is 0 Å². The van der Waals surface area contributed by atoms with Crippen LogP contribution in [-0.2, 0) is 19.1 Å². The van der Waals surface area contributed by atoms with E-state index in [2.05, 4.69) is 9.47 Å². The normalized spacial score (nSPS) is 8.11. The molecule has 0 N–H and O–H groups in total. The minimum absolute atomic E-state index is 0.0955. The fraction of sp³-hybridized carbons (Fsp3) is 0.500. The van der Waals surface area contributed by atoms with Crippen LogP contribution < -0.4 is 0 Å². The molecule has 0 spiro atoms. The molecule has 0 fully saturated rings. The topological polar surface area (TPSA) is 100 Å². The van der Waals surface area contributed by atoms with Gasteiger partial charge in [-0.2, -0.15) is 10.5 Å². The fourth-order valence-electron chi connectivity index (χ4n) is 0.806. The summed E-state index contributed by atoms with van der Waals surface area (Å²) in [6.07, 6.45) is 1.45. The molecule has 0 heterocycles. The van der Waals surface area contributed by atoms with E-state index in [1.807, 2.05) is 24.0 Å². The van der Waals surface area contributed by atoms with Crippen molar-refractivity contribution >= 4 is 11.9 Å². The molecular formula is C12H12N2O4. The van der Waals surface area contributed by atoms with Gasteiger partial charge in [-0.15, -0.1) is 0 Å². The summed E-state index contributed by atoms with van der Waals surface area (Å²) in [6.45, 7) is 0.191. The molecular weight excluding hydrogens is 236 g/mol. The Morgan fingerprint density at radius 1 is 0.833 bits per heavy atom. The Kier molecular flexibility index (Phi) is 9.44. The van der Waals surface area contributed by atoms with Crippen LogP contribution in [0.4, 0.5) is 0 Å². The van der Waals surface area contributed by atoms with E-state index in [4.69, 9.17) is 10.5 Å². The second-order valence-electron chi connectivity index (χ2n) is 3.05. The molecule has 0 bridgehead atoms. The molecule has 0 aromatic rings. The molecule has 0 unspecified atom stereocenters. The Morgan fingerprint density at radius 3 is 1.56 bits per heavy atom. The van der Waals surface area contributed by atoms with Crippen molar-refractivity contribution in [3.63, 3.8) is 0 Å². The minimum atomic E-state index is -0.832. The Hall–Kier alpha value is -2.52. The van der Waals surface area contributed by atoms with Crippen molar-refractivity contribution in [3.8, 4) is 24.0 Å². The number of nitrogens with zero attached hydrogens (tertiary/aromatic N) is 2. The summed E-state index contributed by atoms with van der Waals surface area (Å²) in [6, 6.07) is 3.80. The quantitative estimate of drug-likeness (QED) is 0.296. The summed E-state index contributed by atoms with van der Waals surface area (Å²) in [5.74, 6) is 2.27. The first-order valence-electron chi connectivity index (χ1n) is 5.30. The van der Waals surface area contributed by atoms with Gasteiger partial charge in [0.1, 0.15) is 0 Å². The van der Waals surface area contributed by atoms with E-state index in [1.54, 1.807) is 0 Å². The van der Waals surface area contributed by atoms with Gasteiger partial charge in [0.05, 0.1) is 25.4 Å². The van der Waals surface area contributed by atoms with Gasteiger partial charge in [0.2, 0.25) is 0 Å². The lowest BCUT2D eigenvalue weighted by Crippen LogP contribution is -2.06. The minimum Gasteiger partial charge on any atom is -0.456 e. The third-order valence-corrected chi connectivity index (χ3v) is 1.60. The highest BCUT2D eigenvalue weighted by Crippen LogP contribution is 1.89. The lowest BCUT2D eigenvalue weighted by atomic mass is 10.3. The third kappa shape index (κ3) is 10.0. The molecule has 0 aliphatic carbocycles. The number of unbranched alkanes of at least 4 members (excludes halogenated alkanes) is 2. The number of hydrogen-bond donors (Lipinski definition) is 0. The number of carbonyl (C=O) groups is 2.